The van der Waals surface area contributed by atoms with Gasteiger partial charge in [-0.2, -0.15) is 0 Å². The predicted octanol–water partition coefficient (Wildman–Crippen LogP) is 1.85. The van der Waals surface area contributed by atoms with Crippen molar-refractivity contribution in [3.63, 3.8) is 0 Å². The van der Waals surface area contributed by atoms with Crippen LogP contribution in [0.3, 0.4) is 0 Å². The van der Waals surface area contributed by atoms with Gasteiger partial charge in [0.05, 0.1) is 39.8 Å². The van der Waals surface area contributed by atoms with Crippen LogP contribution in [-0.4, -0.2) is 49.7 Å². The first-order chi connectivity index (χ1) is 11.2. The van der Waals surface area contributed by atoms with Crippen LogP contribution in [0.4, 0.5) is 0 Å². The van der Waals surface area contributed by atoms with Crippen LogP contribution in [0.2, 0.25) is 0 Å². The quantitative estimate of drug-likeness (QED) is 0.866. The van der Waals surface area contributed by atoms with Crippen LogP contribution < -0.4 is 9.64 Å². The summed E-state index contributed by atoms with van der Waals surface area (Å²) in [5, 5.41) is 0. The average molecular weight is 331 g/mol. The summed E-state index contributed by atoms with van der Waals surface area (Å²) in [6, 6.07) is 11.8. The number of hydrogen-bond acceptors (Lipinski definition) is 3. The Kier molecular flexibility index (Phi) is 4.98. The Hall–Kier alpha value is -1.85. The minimum atomic E-state index is 0.783. The molecule has 3 rings (SSSR count). The van der Waals surface area contributed by atoms with Crippen molar-refractivity contribution in [1.82, 2.24) is 4.90 Å². The van der Waals surface area contributed by atoms with Gasteiger partial charge in [-0.15, -0.1) is 0 Å². The van der Waals surface area contributed by atoms with Gasteiger partial charge in [0.1, 0.15) is 16.5 Å². The molecule has 0 aliphatic carbocycles. The molecule has 1 N–H and O–H groups in total. The Balaban J connectivity index is 1.69. The van der Waals surface area contributed by atoms with Gasteiger partial charge in [-0.1, -0.05) is 12.2 Å². The summed E-state index contributed by atoms with van der Waals surface area (Å²) in [7, 11) is 1.67. The summed E-state index contributed by atoms with van der Waals surface area (Å²) >= 11 is 5.62. The van der Waals surface area contributed by atoms with E-state index in [1.165, 1.54) is 6.54 Å². The molecule has 122 valence electrons. The van der Waals surface area contributed by atoms with Crippen molar-refractivity contribution in [2.75, 3.05) is 39.8 Å². The average Bonchev–Trinajstić information content (AvgIpc) is 3.11. The van der Waals surface area contributed by atoms with Gasteiger partial charge in [0.2, 0.25) is 0 Å². The smallest absolute Gasteiger partial charge is 0.162 e. The third kappa shape index (κ3) is 3.57. The van der Waals surface area contributed by atoms with E-state index in [0.29, 0.717) is 0 Å². The fourth-order valence-corrected chi connectivity index (χ4v) is 3.19. The summed E-state index contributed by atoms with van der Waals surface area (Å²) in [5.41, 5.74) is 1.03. The maximum atomic E-state index is 5.98. The van der Waals surface area contributed by atoms with Crippen LogP contribution in [0.5, 0.6) is 5.75 Å². The number of likely N-dealkylation sites (N-methyl/N-ethyl adjacent to an activating group) is 1. The van der Waals surface area contributed by atoms with Crippen molar-refractivity contribution in [3.8, 4) is 17.1 Å². The standard InChI is InChI=1S/C18H22N2O2S/c1-3-19-10-12-20(13-11-19)18(23)17-9-8-16(22-17)14-4-6-15(21-2)7-5-14/h4-9H,3,10-13H2,1-2H3/p+1. The topological polar surface area (TPSA) is 30.1 Å². The zero-order chi connectivity index (χ0) is 16.2. The predicted molar refractivity (Wildman–Crippen MR) is 95.2 cm³/mol. The molecule has 1 aliphatic rings. The maximum absolute atomic E-state index is 5.98. The molecule has 2 heterocycles. The van der Waals surface area contributed by atoms with Crippen LogP contribution in [0.25, 0.3) is 11.3 Å². The summed E-state index contributed by atoms with van der Waals surface area (Å²) in [6.07, 6.45) is 0. The Labute approximate surface area is 142 Å². The molecule has 0 atom stereocenters. The van der Waals surface area contributed by atoms with Crippen LogP contribution >= 0.6 is 12.2 Å². The number of piperazine rings is 1. The number of nitrogens with one attached hydrogen (secondary N) is 1. The molecule has 0 spiro atoms. The molecule has 5 heteroatoms. The number of benzene rings is 1. The second-order valence-electron chi connectivity index (χ2n) is 5.79. The fraction of sp³-hybridized carbons (Fsp3) is 0.389. The molecule has 1 aromatic carbocycles. The van der Waals surface area contributed by atoms with Gasteiger partial charge in [0, 0.05) is 5.56 Å². The molecule has 0 saturated carbocycles. The van der Waals surface area contributed by atoms with Crippen molar-refractivity contribution >= 4 is 17.2 Å². The van der Waals surface area contributed by atoms with Crippen LogP contribution in [0, 0.1) is 0 Å². The third-order valence-electron chi connectivity index (χ3n) is 4.45. The van der Waals surface area contributed by atoms with Crippen molar-refractivity contribution < 1.29 is 14.1 Å². The van der Waals surface area contributed by atoms with Crippen LogP contribution in [0.1, 0.15) is 12.7 Å². The molecular weight excluding hydrogens is 308 g/mol. The molecule has 1 aromatic heterocycles. The Bertz CT molecular complexity index is 658. The SMILES string of the molecule is CC[NH+]1CCN(C(=S)c2ccc(-c3ccc(OC)cc3)o2)CC1. The largest absolute Gasteiger partial charge is 0.497 e. The van der Waals surface area contributed by atoms with E-state index in [1.54, 1.807) is 12.0 Å². The zero-order valence-corrected chi connectivity index (χ0v) is 14.5. The second kappa shape index (κ2) is 7.15. The van der Waals surface area contributed by atoms with Gasteiger partial charge in [0.25, 0.3) is 0 Å². The molecule has 1 saturated heterocycles. The normalized spacial score (nSPS) is 15.7. The lowest BCUT2D eigenvalue weighted by atomic mass is 10.2. The minimum absolute atomic E-state index is 0.783. The lowest BCUT2D eigenvalue weighted by Crippen LogP contribution is -3.14. The van der Waals surface area contributed by atoms with Crippen molar-refractivity contribution in [2.24, 2.45) is 0 Å². The summed E-state index contributed by atoms with van der Waals surface area (Å²) in [5.74, 6) is 2.46. The molecule has 0 amide bonds. The first kappa shape index (κ1) is 16.0. The van der Waals surface area contributed by atoms with Crippen molar-refractivity contribution in [3.05, 3.63) is 42.2 Å². The lowest BCUT2D eigenvalue weighted by molar-refractivity contribution is -0.902. The van der Waals surface area contributed by atoms with E-state index in [2.05, 4.69) is 11.8 Å². The maximum Gasteiger partial charge on any atom is 0.162 e. The second-order valence-corrected chi connectivity index (χ2v) is 6.17. The highest BCUT2D eigenvalue weighted by atomic mass is 32.1. The molecule has 4 nitrogen and oxygen atoms in total. The number of hydrogen-bond donors (Lipinski definition) is 1. The van der Waals surface area contributed by atoms with Gasteiger partial charge < -0.3 is 19.0 Å². The number of thiocarbonyl (C=S) groups is 1. The van der Waals surface area contributed by atoms with E-state index in [-0.39, 0.29) is 0 Å². The van der Waals surface area contributed by atoms with E-state index in [9.17, 15) is 0 Å². The highest BCUT2D eigenvalue weighted by Gasteiger charge is 2.22. The van der Waals surface area contributed by atoms with Gasteiger partial charge >= 0.3 is 0 Å². The van der Waals surface area contributed by atoms with Crippen LogP contribution in [0.15, 0.2) is 40.8 Å². The van der Waals surface area contributed by atoms with Crippen molar-refractivity contribution in [2.45, 2.75) is 6.92 Å². The molecule has 1 aliphatic heterocycles. The highest BCUT2D eigenvalue weighted by Crippen LogP contribution is 2.25. The lowest BCUT2D eigenvalue weighted by Gasteiger charge is -2.32. The molecule has 1 fully saturated rings. The van der Waals surface area contributed by atoms with Gasteiger partial charge in [-0.05, 0) is 43.3 Å². The van der Waals surface area contributed by atoms with Crippen LogP contribution in [-0.2, 0) is 0 Å². The number of nitrogens with zero attached hydrogens (tertiary/aromatic N) is 1. The molecule has 0 radical (unpaired) electrons. The zero-order valence-electron chi connectivity index (χ0n) is 13.7. The Morgan fingerprint density at radius 1 is 1.17 bits per heavy atom. The molecule has 0 unspecified atom stereocenters. The molecule has 23 heavy (non-hydrogen) atoms. The number of quaternary nitrogens is 1. The number of furan rings is 1. The summed E-state index contributed by atoms with van der Waals surface area (Å²) < 4.78 is 11.2. The van der Waals surface area contributed by atoms with E-state index in [4.69, 9.17) is 21.4 Å². The van der Waals surface area contributed by atoms with E-state index >= 15 is 0 Å². The monoisotopic (exact) mass is 331 g/mol. The highest BCUT2D eigenvalue weighted by molar-refractivity contribution is 7.80. The van der Waals surface area contributed by atoms with E-state index in [1.807, 2.05) is 36.4 Å². The number of rotatable bonds is 4. The minimum Gasteiger partial charge on any atom is -0.497 e. The number of methoxy groups -OCH3 is 1. The van der Waals surface area contributed by atoms with E-state index < -0.39 is 0 Å². The molecule has 0 bridgehead atoms. The summed E-state index contributed by atoms with van der Waals surface area (Å²) in [6.45, 7) is 7.70. The van der Waals surface area contributed by atoms with Gasteiger partial charge in [-0.3, -0.25) is 0 Å². The van der Waals surface area contributed by atoms with Gasteiger partial charge in [0.15, 0.2) is 5.76 Å². The first-order valence-electron chi connectivity index (χ1n) is 8.08. The summed E-state index contributed by atoms with van der Waals surface area (Å²) in [4.78, 5) is 4.72. The Morgan fingerprint density at radius 2 is 1.87 bits per heavy atom. The molecule has 2 aromatic rings. The Morgan fingerprint density at radius 3 is 2.48 bits per heavy atom. The third-order valence-corrected chi connectivity index (χ3v) is 4.91. The van der Waals surface area contributed by atoms with E-state index in [0.717, 1.165) is 54.0 Å². The van der Waals surface area contributed by atoms with Gasteiger partial charge in [-0.25, -0.2) is 0 Å². The number of ether oxygens (including phenoxy) is 1. The fourth-order valence-electron chi connectivity index (χ4n) is 2.90. The van der Waals surface area contributed by atoms with Crippen molar-refractivity contribution in [1.29, 1.82) is 0 Å². The first-order valence-corrected chi connectivity index (χ1v) is 8.49. The molecular formula is C18H23N2O2S+.